The molecule has 8 heteroatoms. The molecule has 0 bridgehead atoms. The Hall–Kier alpha value is -3.00. The number of rotatable bonds is 4. The van der Waals surface area contributed by atoms with Gasteiger partial charge < -0.3 is 14.6 Å². The molecule has 3 heterocycles. The largest absolute Gasteiger partial charge is 0.380 e. The van der Waals surface area contributed by atoms with Crippen molar-refractivity contribution < 1.29 is 9.53 Å². The van der Waals surface area contributed by atoms with Gasteiger partial charge in [0.25, 0.3) is 5.91 Å². The molecule has 2 aromatic heterocycles. The van der Waals surface area contributed by atoms with Crippen molar-refractivity contribution in [2.75, 3.05) is 13.7 Å². The minimum absolute atomic E-state index is 0.0267. The topological polar surface area (TPSA) is 88.9 Å². The number of hydrogen-bond donors (Lipinski definition) is 1. The van der Waals surface area contributed by atoms with E-state index in [2.05, 4.69) is 20.3 Å². The van der Waals surface area contributed by atoms with Gasteiger partial charge in [-0.1, -0.05) is 22.9 Å². The van der Waals surface area contributed by atoms with Crippen LogP contribution in [0.1, 0.15) is 34.3 Å². The number of nitrogens with zero attached hydrogens (tertiary/aromatic N) is 5. The molecule has 8 nitrogen and oxygen atoms in total. The van der Waals surface area contributed by atoms with Crippen molar-refractivity contribution in [1.82, 2.24) is 29.9 Å². The van der Waals surface area contributed by atoms with E-state index < -0.39 is 0 Å². The Morgan fingerprint density at radius 2 is 2.12 bits per heavy atom. The van der Waals surface area contributed by atoms with Crippen LogP contribution in [0.15, 0.2) is 42.9 Å². The lowest BCUT2D eigenvalue weighted by atomic mass is 10.2. The highest BCUT2D eigenvalue weighted by Crippen LogP contribution is 2.32. The molecule has 0 spiro atoms. The quantitative estimate of drug-likeness (QED) is 0.775. The average Bonchev–Trinajstić information content (AvgIpc) is 3.40. The van der Waals surface area contributed by atoms with Gasteiger partial charge in [-0.15, -0.1) is 5.10 Å². The van der Waals surface area contributed by atoms with Crippen LogP contribution in [-0.2, 0) is 4.74 Å². The summed E-state index contributed by atoms with van der Waals surface area (Å²) in [5.74, 6) is 0.577. The number of methoxy groups -OCH3 is 1. The van der Waals surface area contributed by atoms with Crippen LogP contribution in [0.2, 0.25) is 0 Å². The molecule has 2 atom stereocenters. The summed E-state index contributed by atoms with van der Waals surface area (Å²) in [7, 11) is 1.66. The van der Waals surface area contributed by atoms with E-state index in [0.717, 1.165) is 17.1 Å². The maximum absolute atomic E-state index is 13.0. The fourth-order valence-electron chi connectivity index (χ4n) is 3.24. The molecule has 3 aromatic rings. The number of likely N-dealkylation sites (tertiary alicyclic amines) is 1. The monoisotopic (exact) mass is 352 g/mol. The van der Waals surface area contributed by atoms with Crippen molar-refractivity contribution in [2.45, 2.75) is 25.5 Å². The minimum atomic E-state index is -0.177. The second-order valence-electron chi connectivity index (χ2n) is 6.43. The Balaban J connectivity index is 1.59. The van der Waals surface area contributed by atoms with Crippen molar-refractivity contribution >= 4 is 5.91 Å². The fraction of sp³-hybridized carbons (Fsp3) is 0.333. The van der Waals surface area contributed by atoms with Gasteiger partial charge in [-0.2, -0.15) is 0 Å². The van der Waals surface area contributed by atoms with Gasteiger partial charge in [0.15, 0.2) is 5.69 Å². The van der Waals surface area contributed by atoms with Crippen LogP contribution in [0.3, 0.4) is 0 Å². The lowest BCUT2D eigenvalue weighted by Crippen LogP contribution is -2.32. The molecular formula is C18H20N6O2. The smallest absolute Gasteiger partial charge is 0.276 e. The van der Waals surface area contributed by atoms with E-state index in [4.69, 9.17) is 4.74 Å². The first-order valence-electron chi connectivity index (χ1n) is 8.48. The summed E-state index contributed by atoms with van der Waals surface area (Å²) in [6.45, 7) is 2.52. The third-order valence-electron chi connectivity index (χ3n) is 4.70. The first-order valence-corrected chi connectivity index (χ1v) is 8.48. The number of carbonyl (C=O) groups excluding carboxylic acids is 1. The Bertz CT molecular complexity index is 887. The Labute approximate surface area is 150 Å². The fourth-order valence-corrected chi connectivity index (χ4v) is 3.24. The first kappa shape index (κ1) is 16.5. The van der Waals surface area contributed by atoms with Gasteiger partial charge in [0.1, 0.15) is 5.82 Å². The zero-order chi connectivity index (χ0) is 18.1. The van der Waals surface area contributed by atoms with Crippen molar-refractivity contribution in [3.8, 4) is 5.69 Å². The predicted octanol–water partition coefficient (Wildman–Crippen LogP) is 1.90. The number of aromatic nitrogens is 5. The van der Waals surface area contributed by atoms with Crippen LogP contribution in [0.25, 0.3) is 5.69 Å². The summed E-state index contributed by atoms with van der Waals surface area (Å²) in [5.41, 5.74) is 2.33. The van der Waals surface area contributed by atoms with Crippen molar-refractivity contribution in [2.24, 2.45) is 0 Å². The highest BCUT2D eigenvalue weighted by molar-refractivity contribution is 5.92. The molecule has 1 aliphatic rings. The van der Waals surface area contributed by atoms with Crippen LogP contribution >= 0.6 is 0 Å². The number of aryl methyl sites for hydroxylation is 1. The van der Waals surface area contributed by atoms with E-state index >= 15 is 0 Å². The van der Waals surface area contributed by atoms with E-state index in [0.29, 0.717) is 18.7 Å². The van der Waals surface area contributed by atoms with E-state index in [1.54, 1.807) is 35.3 Å². The van der Waals surface area contributed by atoms with Gasteiger partial charge in [-0.05, 0) is 19.1 Å². The number of ether oxygens (including phenoxy) is 1. The summed E-state index contributed by atoms with van der Waals surface area (Å²) < 4.78 is 7.07. The van der Waals surface area contributed by atoms with Gasteiger partial charge in [0.05, 0.1) is 24.0 Å². The molecule has 134 valence electrons. The molecule has 1 amide bonds. The maximum Gasteiger partial charge on any atom is 0.276 e. The number of benzene rings is 1. The molecule has 0 saturated carbocycles. The normalized spacial score (nSPS) is 19.8. The number of imidazole rings is 1. The van der Waals surface area contributed by atoms with Crippen LogP contribution in [0.4, 0.5) is 0 Å². The van der Waals surface area contributed by atoms with E-state index in [1.165, 1.54) is 0 Å². The molecule has 1 aliphatic heterocycles. The summed E-state index contributed by atoms with van der Waals surface area (Å²) in [6, 6.07) is 7.72. The van der Waals surface area contributed by atoms with Gasteiger partial charge >= 0.3 is 0 Å². The molecule has 26 heavy (non-hydrogen) atoms. The van der Waals surface area contributed by atoms with E-state index in [1.807, 2.05) is 31.2 Å². The number of hydrogen-bond acceptors (Lipinski definition) is 5. The molecule has 1 aromatic carbocycles. The van der Waals surface area contributed by atoms with Crippen molar-refractivity contribution in [3.05, 3.63) is 59.9 Å². The lowest BCUT2D eigenvalue weighted by molar-refractivity contribution is 0.0679. The molecule has 4 rings (SSSR count). The zero-order valence-corrected chi connectivity index (χ0v) is 14.7. The average molecular weight is 352 g/mol. The lowest BCUT2D eigenvalue weighted by Gasteiger charge is -2.21. The standard InChI is InChI=1S/C18H20N6O2/c1-12-3-5-13(6-4-12)24-11-15(21-22-24)18(25)23-10-14(26-2)9-16(23)17-19-7-8-20-17/h3-8,11,14,16H,9-10H2,1-2H3,(H,19,20)/t14-,16?/m1/s1. The summed E-state index contributed by atoms with van der Waals surface area (Å²) in [6.07, 6.45) is 5.77. The number of aromatic amines is 1. The van der Waals surface area contributed by atoms with Gasteiger partial charge in [-0.3, -0.25) is 4.79 Å². The number of H-pyrrole nitrogens is 1. The van der Waals surface area contributed by atoms with Gasteiger partial charge in [0.2, 0.25) is 0 Å². The highest BCUT2D eigenvalue weighted by Gasteiger charge is 2.39. The van der Waals surface area contributed by atoms with Gasteiger partial charge in [0, 0.05) is 32.5 Å². The van der Waals surface area contributed by atoms with Crippen molar-refractivity contribution in [3.63, 3.8) is 0 Å². The predicted molar refractivity (Wildman–Crippen MR) is 93.9 cm³/mol. The van der Waals surface area contributed by atoms with E-state index in [9.17, 15) is 4.79 Å². The van der Waals surface area contributed by atoms with Gasteiger partial charge in [-0.25, -0.2) is 9.67 Å². The molecule has 1 saturated heterocycles. The zero-order valence-electron chi connectivity index (χ0n) is 14.7. The molecular weight excluding hydrogens is 332 g/mol. The van der Waals surface area contributed by atoms with Crippen LogP contribution in [0.5, 0.6) is 0 Å². The Kier molecular flexibility index (Phi) is 4.26. The van der Waals surface area contributed by atoms with Crippen molar-refractivity contribution in [1.29, 1.82) is 0 Å². The Morgan fingerprint density at radius 3 is 2.81 bits per heavy atom. The number of amides is 1. The molecule has 1 N–H and O–H groups in total. The summed E-state index contributed by atoms with van der Waals surface area (Å²) >= 11 is 0. The third kappa shape index (κ3) is 2.99. The molecule has 1 unspecified atom stereocenters. The highest BCUT2D eigenvalue weighted by atomic mass is 16.5. The molecule has 0 radical (unpaired) electrons. The SMILES string of the molecule is CO[C@@H]1CC(c2ncc[nH]2)N(C(=O)c2cn(-c3ccc(C)cc3)nn2)C1. The maximum atomic E-state index is 13.0. The Morgan fingerprint density at radius 1 is 1.31 bits per heavy atom. The van der Waals surface area contributed by atoms with Crippen LogP contribution < -0.4 is 0 Å². The molecule has 1 fully saturated rings. The first-order chi connectivity index (χ1) is 12.7. The van der Waals surface area contributed by atoms with E-state index in [-0.39, 0.29) is 18.1 Å². The summed E-state index contributed by atoms with van der Waals surface area (Å²) in [4.78, 5) is 22.2. The van der Waals surface area contributed by atoms with Crippen LogP contribution in [0, 0.1) is 6.92 Å². The summed E-state index contributed by atoms with van der Waals surface area (Å²) in [5, 5.41) is 8.18. The van der Waals surface area contributed by atoms with Crippen LogP contribution in [-0.4, -0.2) is 55.5 Å². The third-order valence-corrected chi connectivity index (χ3v) is 4.70. The molecule has 0 aliphatic carbocycles. The number of nitrogens with one attached hydrogen (secondary N) is 1. The second kappa shape index (κ2) is 6.72. The number of carbonyl (C=O) groups is 1. The second-order valence-corrected chi connectivity index (χ2v) is 6.43. The minimum Gasteiger partial charge on any atom is -0.380 e.